The smallest absolute Gasteiger partial charge is 0.123 e. The fourth-order valence-corrected chi connectivity index (χ4v) is 3.45. The number of nitriles is 3. The molecule has 0 aliphatic heterocycles. The molecule has 3 rings (SSSR count). The van der Waals surface area contributed by atoms with E-state index in [9.17, 15) is 20.2 Å². The number of nitrogens with one attached hydrogen (secondary N) is 2. The zero-order chi connectivity index (χ0) is 20.6. The summed E-state index contributed by atoms with van der Waals surface area (Å²) >= 11 is 0. The molecule has 0 atom stereocenters. The lowest BCUT2D eigenvalue weighted by atomic mass is 9.95. The first kappa shape index (κ1) is 19.9. The van der Waals surface area contributed by atoms with Gasteiger partial charge in [0.1, 0.15) is 24.0 Å². The third kappa shape index (κ3) is 4.92. The Bertz CT molecular complexity index is 1030. The molecule has 1 fully saturated rings. The van der Waals surface area contributed by atoms with Crippen LogP contribution in [0.3, 0.4) is 0 Å². The van der Waals surface area contributed by atoms with Crippen LogP contribution in [0.4, 0.5) is 15.8 Å². The van der Waals surface area contributed by atoms with Crippen molar-refractivity contribution in [1.82, 2.24) is 0 Å². The van der Waals surface area contributed by atoms with Crippen LogP contribution in [0.15, 0.2) is 42.6 Å². The van der Waals surface area contributed by atoms with Crippen molar-refractivity contribution in [3.8, 4) is 18.2 Å². The summed E-state index contributed by atoms with van der Waals surface area (Å²) in [5, 5.41) is 34.8. The molecule has 0 spiro atoms. The van der Waals surface area contributed by atoms with Crippen LogP contribution in [0.5, 0.6) is 0 Å². The number of anilines is 2. The monoisotopic (exact) mass is 385 g/mol. The summed E-state index contributed by atoms with van der Waals surface area (Å²) in [4.78, 5) is 0. The normalized spacial score (nSPS) is 14.3. The highest BCUT2D eigenvalue weighted by atomic mass is 19.1. The van der Waals surface area contributed by atoms with Crippen molar-refractivity contribution < 1.29 is 4.39 Å². The van der Waals surface area contributed by atoms with E-state index in [0.717, 1.165) is 31.4 Å². The average molecular weight is 385 g/mol. The molecule has 0 aromatic heterocycles. The number of hydrogen-bond donors (Lipinski definition) is 2. The maximum atomic E-state index is 13.2. The summed E-state index contributed by atoms with van der Waals surface area (Å²) < 4.78 is 13.2. The van der Waals surface area contributed by atoms with Gasteiger partial charge in [-0.25, -0.2) is 4.39 Å². The second-order valence-corrected chi connectivity index (χ2v) is 6.97. The summed E-state index contributed by atoms with van der Waals surface area (Å²) in [6.07, 6.45) is 7.18. The molecule has 2 N–H and O–H groups in total. The van der Waals surface area contributed by atoms with Gasteiger partial charge in [0, 0.05) is 12.2 Å². The molecule has 5 nitrogen and oxygen atoms in total. The standard InChI is InChI=1S/C23H20FN5/c24-20-8-6-16(7-9-20)19(14-27)15-28-22-10-17(12-25)18(13-26)11-23(22)29-21-4-2-1-3-5-21/h6-11,15,21,28-29H,1-5H2/b19-15-. The first-order valence-corrected chi connectivity index (χ1v) is 9.52. The zero-order valence-corrected chi connectivity index (χ0v) is 15.9. The van der Waals surface area contributed by atoms with Crippen LogP contribution < -0.4 is 10.6 Å². The van der Waals surface area contributed by atoms with E-state index in [1.807, 2.05) is 6.07 Å². The molecule has 0 saturated heterocycles. The number of nitrogens with zero attached hydrogens (tertiary/aromatic N) is 3. The Kier molecular flexibility index (Phi) is 6.46. The second-order valence-electron chi connectivity index (χ2n) is 6.97. The number of halogens is 1. The lowest BCUT2D eigenvalue weighted by Crippen LogP contribution is -2.22. The number of hydrogen-bond acceptors (Lipinski definition) is 5. The second kappa shape index (κ2) is 9.40. The molecule has 0 heterocycles. The van der Waals surface area contributed by atoms with Gasteiger partial charge >= 0.3 is 0 Å². The molecule has 6 heteroatoms. The number of rotatable bonds is 5. The predicted octanol–water partition coefficient (Wildman–Crippen LogP) is 5.29. The SMILES string of the molecule is N#C/C(=C/Nc1cc(C#N)c(C#N)cc1NC1CCCCC1)c1ccc(F)cc1. The van der Waals surface area contributed by atoms with Crippen LogP contribution in [0.25, 0.3) is 5.57 Å². The van der Waals surface area contributed by atoms with E-state index in [1.54, 1.807) is 12.1 Å². The topological polar surface area (TPSA) is 95.4 Å². The van der Waals surface area contributed by atoms with Gasteiger partial charge in [0.2, 0.25) is 0 Å². The molecular weight excluding hydrogens is 365 g/mol. The van der Waals surface area contributed by atoms with E-state index >= 15 is 0 Å². The van der Waals surface area contributed by atoms with Crippen LogP contribution in [-0.2, 0) is 0 Å². The summed E-state index contributed by atoms with van der Waals surface area (Å²) in [5.41, 5.74) is 2.81. The van der Waals surface area contributed by atoms with Crippen LogP contribution in [0, 0.1) is 39.8 Å². The largest absolute Gasteiger partial charge is 0.381 e. The van der Waals surface area contributed by atoms with Crippen LogP contribution in [-0.4, -0.2) is 6.04 Å². The van der Waals surface area contributed by atoms with Crippen LogP contribution in [0.2, 0.25) is 0 Å². The minimum atomic E-state index is -0.372. The molecule has 1 aliphatic rings. The average Bonchev–Trinajstić information content (AvgIpc) is 2.76. The maximum Gasteiger partial charge on any atom is 0.123 e. The molecule has 1 aliphatic carbocycles. The van der Waals surface area contributed by atoms with Gasteiger partial charge in [-0.2, -0.15) is 15.8 Å². The van der Waals surface area contributed by atoms with Gasteiger partial charge in [-0.3, -0.25) is 0 Å². The van der Waals surface area contributed by atoms with Gasteiger partial charge in [0.05, 0.1) is 28.1 Å². The van der Waals surface area contributed by atoms with Crippen molar-refractivity contribution in [3.05, 3.63) is 65.1 Å². The third-order valence-electron chi connectivity index (χ3n) is 5.01. The predicted molar refractivity (Wildman–Crippen MR) is 110 cm³/mol. The molecule has 29 heavy (non-hydrogen) atoms. The van der Waals surface area contributed by atoms with Crippen LogP contribution in [0.1, 0.15) is 48.8 Å². The molecule has 2 aromatic carbocycles. The molecule has 144 valence electrons. The molecule has 0 bridgehead atoms. The first-order chi connectivity index (χ1) is 14.1. The Balaban J connectivity index is 1.93. The van der Waals surface area contributed by atoms with E-state index in [0.29, 0.717) is 28.4 Å². The lowest BCUT2D eigenvalue weighted by Gasteiger charge is -2.25. The number of allylic oxidation sites excluding steroid dienone is 1. The van der Waals surface area contributed by atoms with Crippen molar-refractivity contribution in [2.45, 2.75) is 38.1 Å². The van der Waals surface area contributed by atoms with Gasteiger partial charge < -0.3 is 10.6 Å². The van der Waals surface area contributed by atoms with Gasteiger partial charge in [0.25, 0.3) is 0 Å². The Hall–Kier alpha value is -3.82. The van der Waals surface area contributed by atoms with Gasteiger partial charge in [-0.1, -0.05) is 31.4 Å². The Morgan fingerprint density at radius 2 is 1.55 bits per heavy atom. The van der Waals surface area contributed by atoms with Crippen molar-refractivity contribution in [3.63, 3.8) is 0 Å². The Morgan fingerprint density at radius 3 is 2.14 bits per heavy atom. The van der Waals surface area contributed by atoms with Crippen LogP contribution >= 0.6 is 0 Å². The van der Waals surface area contributed by atoms with E-state index in [4.69, 9.17) is 0 Å². The molecule has 0 amide bonds. The van der Waals surface area contributed by atoms with E-state index in [1.165, 1.54) is 36.9 Å². The van der Waals surface area contributed by atoms with E-state index in [2.05, 4.69) is 22.8 Å². The molecule has 2 aromatic rings. The lowest BCUT2D eigenvalue weighted by molar-refractivity contribution is 0.463. The molecular formula is C23H20FN5. The summed E-state index contributed by atoms with van der Waals surface area (Å²) in [7, 11) is 0. The molecule has 0 unspecified atom stereocenters. The number of benzene rings is 2. The maximum absolute atomic E-state index is 13.2. The van der Waals surface area contributed by atoms with E-state index in [-0.39, 0.29) is 11.4 Å². The highest BCUT2D eigenvalue weighted by molar-refractivity contribution is 5.81. The van der Waals surface area contributed by atoms with Gasteiger partial charge in [-0.15, -0.1) is 0 Å². The fourth-order valence-electron chi connectivity index (χ4n) is 3.45. The van der Waals surface area contributed by atoms with Crippen molar-refractivity contribution >= 4 is 16.9 Å². The zero-order valence-electron chi connectivity index (χ0n) is 15.9. The highest BCUT2D eigenvalue weighted by Gasteiger charge is 2.16. The van der Waals surface area contributed by atoms with E-state index < -0.39 is 0 Å². The van der Waals surface area contributed by atoms with Crippen molar-refractivity contribution in [1.29, 1.82) is 15.8 Å². The first-order valence-electron chi connectivity index (χ1n) is 9.52. The van der Waals surface area contributed by atoms with Gasteiger partial charge in [-0.05, 0) is 42.7 Å². The third-order valence-corrected chi connectivity index (χ3v) is 5.01. The minimum absolute atomic E-state index is 0.262. The summed E-state index contributed by atoms with van der Waals surface area (Å²) in [6.45, 7) is 0. The summed E-state index contributed by atoms with van der Waals surface area (Å²) in [6, 6.07) is 15.5. The van der Waals surface area contributed by atoms with Gasteiger partial charge in [0.15, 0.2) is 0 Å². The molecule has 0 radical (unpaired) electrons. The molecule has 1 saturated carbocycles. The van der Waals surface area contributed by atoms with Crippen molar-refractivity contribution in [2.75, 3.05) is 10.6 Å². The Morgan fingerprint density at radius 1 is 0.931 bits per heavy atom. The quantitative estimate of drug-likeness (QED) is 0.682. The summed E-state index contributed by atoms with van der Waals surface area (Å²) in [5.74, 6) is -0.372. The Labute approximate surface area is 169 Å². The van der Waals surface area contributed by atoms with Crippen molar-refractivity contribution in [2.24, 2.45) is 0 Å². The highest BCUT2D eigenvalue weighted by Crippen LogP contribution is 2.30. The fraction of sp³-hybridized carbons (Fsp3) is 0.261. The minimum Gasteiger partial charge on any atom is -0.381 e.